The molecule has 3 nitrogen and oxygen atoms in total. The van der Waals surface area contributed by atoms with Crippen molar-refractivity contribution in [1.82, 2.24) is 10.4 Å². The minimum atomic E-state index is -0.377. The molecular formula is C13H12Br2FN3. The number of benzene rings is 1. The van der Waals surface area contributed by atoms with Crippen molar-refractivity contribution in [3.63, 3.8) is 0 Å². The first-order chi connectivity index (χ1) is 9.02. The van der Waals surface area contributed by atoms with Crippen molar-refractivity contribution in [2.24, 2.45) is 5.84 Å². The summed E-state index contributed by atoms with van der Waals surface area (Å²) < 4.78 is 15.3. The molecule has 1 aromatic carbocycles. The normalized spacial score (nSPS) is 12.5. The smallest absolute Gasteiger partial charge is 0.126 e. The van der Waals surface area contributed by atoms with E-state index in [0.717, 1.165) is 14.5 Å². The molecule has 0 amide bonds. The van der Waals surface area contributed by atoms with Crippen molar-refractivity contribution in [2.45, 2.75) is 13.0 Å². The number of halogens is 3. The van der Waals surface area contributed by atoms with Crippen LogP contribution in [0.4, 0.5) is 4.39 Å². The highest BCUT2D eigenvalue weighted by molar-refractivity contribution is 9.11. The van der Waals surface area contributed by atoms with E-state index in [1.165, 1.54) is 6.07 Å². The van der Waals surface area contributed by atoms with Crippen LogP contribution in [0.2, 0.25) is 0 Å². The summed E-state index contributed by atoms with van der Waals surface area (Å²) in [5, 5.41) is 0. The molecule has 19 heavy (non-hydrogen) atoms. The Bertz CT molecular complexity index is 604. The fourth-order valence-corrected chi connectivity index (χ4v) is 2.98. The highest BCUT2D eigenvalue weighted by atomic mass is 79.9. The van der Waals surface area contributed by atoms with Gasteiger partial charge in [0.05, 0.1) is 11.7 Å². The monoisotopic (exact) mass is 387 g/mol. The second kappa shape index (κ2) is 6.09. The Hall–Kier alpha value is -0.820. The van der Waals surface area contributed by atoms with Crippen molar-refractivity contribution in [1.29, 1.82) is 0 Å². The van der Waals surface area contributed by atoms with E-state index < -0.39 is 0 Å². The molecule has 0 saturated carbocycles. The van der Waals surface area contributed by atoms with Crippen molar-refractivity contribution < 1.29 is 4.39 Å². The molecule has 0 saturated heterocycles. The molecular weight excluding hydrogens is 377 g/mol. The second-order valence-corrected chi connectivity index (χ2v) is 5.90. The number of hydrogen-bond acceptors (Lipinski definition) is 3. The summed E-state index contributed by atoms with van der Waals surface area (Å²) in [5.41, 5.74) is 4.69. The van der Waals surface area contributed by atoms with Crippen LogP contribution in [0.5, 0.6) is 0 Å². The zero-order valence-corrected chi connectivity index (χ0v) is 13.3. The third-order valence-electron chi connectivity index (χ3n) is 2.81. The van der Waals surface area contributed by atoms with E-state index in [2.05, 4.69) is 42.3 Å². The van der Waals surface area contributed by atoms with Crippen LogP contribution in [0.15, 0.2) is 39.4 Å². The van der Waals surface area contributed by atoms with Gasteiger partial charge < -0.3 is 0 Å². The number of nitrogens with one attached hydrogen (secondary N) is 1. The maximum atomic E-state index is 13.6. The van der Waals surface area contributed by atoms with Crippen molar-refractivity contribution >= 4 is 31.9 Å². The first-order valence-corrected chi connectivity index (χ1v) is 7.14. The average Bonchev–Trinajstić information content (AvgIpc) is 2.37. The van der Waals surface area contributed by atoms with Gasteiger partial charge in [-0.3, -0.25) is 10.8 Å². The number of hydrogen-bond donors (Lipinski definition) is 2. The molecule has 3 N–H and O–H groups in total. The van der Waals surface area contributed by atoms with Crippen LogP contribution in [0, 0.1) is 12.7 Å². The Labute approximate surface area is 127 Å². The molecule has 1 atom stereocenters. The summed E-state index contributed by atoms with van der Waals surface area (Å²) >= 11 is 6.78. The molecule has 1 unspecified atom stereocenters. The molecule has 100 valence electrons. The van der Waals surface area contributed by atoms with Gasteiger partial charge in [0.15, 0.2) is 0 Å². The lowest BCUT2D eigenvalue weighted by molar-refractivity contribution is 0.591. The Kier molecular flexibility index (Phi) is 4.67. The number of nitrogens with zero attached hydrogens (tertiary/aromatic N) is 1. The van der Waals surface area contributed by atoms with Crippen LogP contribution in [0.3, 0.4) is 0 Å². The maximum absolute atomic E-state index is 13.6. The van der Waals surface area contributed by atoms with Gasteiger partial charge in [-0.05, 0) is 62.0 Å². The fraction of sp³-hybridized carbons (Fsp3) is 0.154. The van der Waals surface area contributed by atoms with Crippen LogP contribution in [-0.4, -0.2) is 4.98 Å². The van der Waals surface area contributed by atoms with Gasteiger partial charge in [0.1, 0.15) is 5.82 Å². The van der Waals surface area contributed by atoms with Gasteiger partial charge in [0, 0.05) is 15.1 Å². The third kappa shape index (κ3) is 3.20. The topological polar surface area (TPSA) is 50.9 Å². The minimum Gasteiger partial charge on any atom is -0.271 e. The van der Waals surface area contributed by atoms with Gasteiger partial charge in [-0.25, -0.2) is 9.82 Å². The lowest BCUT2D eigenvalue weighted by Crippen LogP contribution is -2.30. The van der Waals surface area contributed by atoms with E-state index in [1.807, 2.05) is 12.1 Å². The fourth-order valence-electron chi connectivity index (χ4n) is 1.76. The molecule has 0 radical (unpaired) electrons. The number of pyridine rings is 1. The second-order valence-electron chi connectivity index (χ2n) is 4.13. The third-order valence-corrected chi connectivity index (χ3v) is 3.87. The molecule has 2 aromatic rings. The maximum Gasteiger partial charge on any atom is 0.126 e. The standard InChI is InChI=1S/C13H12Br2FN3/c1-7-2-3-8(4-11(7)16)12(19-17)13-10(15)5-9(14)6-18-13/h2-6,12,19H,17H2,1H3. The summed E-state index contributed by atoms with van der Waals surface area (Å²) in [6.07, 6.45) is 1.68. The molecule has 2 rings (SSSR count). The van der Waals surface area contributed by atoms with Crippen molar-refractivity contribution in [3.05, 3.63) is 62.0 Å². The zero-order chi connectivity index (χ0) is 14.0. The van der Waals surface area contributed by atoms with E-state index in [9.17, 15) is 4.39 Å². The van der Waals surface area contributed by atoms with Crippen molar-refractivity contribution in [2.75, 3.05) is 0 Å². The van der Waals surface area contributed by atoms with Gasteiger partial charge in [-0.2, -0.15) is 0 Å². The lowest BCUT2D eigenvalue weighted by Gasteiger charge is -2.18. The van der Waals surface area contributed by atoms with Gasteiger partial charge in [0.2, 0.25) is 0 Å². The molecule has 0 spiro atoms. The van der Waals surface area contributed by atoms with Crippen LogP contribution >= 0.6 is 31.9 Å². The van der Waals surface area contributed by atoms with Gasteiger partial charge >= 0.3 is 0 Å². The summed E-state index contributed by atoms with van der Waals surface area (Å²) in [6.45, 7) is 1.72. The summed E-state index contributed by atoms with van der Waals surface area (Å²) in [5.74, 6) is 5.33. The molecule has 6 heteroatoms. The van der Waals surface area contributed by atoms with Crippen LogP contribution in [0.1, 0.15) is 22.9 Å². The number of rotatable bonds is 3. The first kappa shape index (κ1) is 14.6. The predicted molar refractivity (Wildman–Crippen MR) is 79.9 cm³/mol. The van der Waals surface area contributed by atoms with Gasteiger partial charge in [-0.15, -0.1) is 0 Å². The van der Waals surface area contributed by atoms with E-state index in [0.29, 0.717) is 11.3 Å². The largest absolute Gasteiger partial charge is 0.271 e. The number of aryl methyl sites for hydroxylation is 1. The summed E-state index contributed by atoms with van der Waals surface area (Å²) in [6, 6.07) is 6.52. The van der Waals surface area contributed by atoms with E-state index >= 15 is 0 Å². The minimum absolute atomic E-state index is 0.258. The average molecular weight is 389 g/mol. The van der Waals surface area contributed by atoms with Gasteiger partial charge in [-0.1, -0.05) is 12.1 Å². The quantitative estimate of drug-likeness (QED) is 0.623. The van der Waals surface area contributed by atoms with E-state index in [1.54, 1.807) is 19.2 Å². The van der Waals surface area contributed by atoms with Crippen LogP contribution in [0.25, 0.3) is 0 Å². The van der Waals surface area contributed by atoms with E-state index in [-0.39, 0.29) is 11.9 Å². The SMILES string of the molecule is Cc1ccc(C(NN)c2ncc(Br)cc2Br)cc1F. The highest BCUT2D eigenvalue weighted by Crippen LogP contribution is 2.29. The number of nitrogens with two attached hydrogens (primary N) is 1. The molecule has 1 aromatic heterocycles. The van der Waals surface area contributed by atoms with Crippen LogP contribution in [-0.2, 0) is 0 Å². The molecule has 1 heterocycles. The predicted octanol–water partition coefficient (Wildman–Crippen LogP) is 3.61. The molecule has 0 aliphatic heterocycles. The van der Waals surface area contributed by atoms with Crippen LogP contribution < -0.4 is 11.3 Å². The molecule has 0 aliphatic rings. The van der Waals surface area contributed by atoms with E-state index in [4.69, 9.17) is 5.84 Å². The lowest BCUT2D eigenvalue weighted by atomic mass is 10.0. The Balaban J connectivity index is 2.46. The van der Waals surface area contributed by atoms with Gasteiger partial charge in [0.25, 0.3) is 0 Å². The highest BCUT2D eigenvalue weighted by Gasteiger charge is 2.18. The Morgan fingerprint density at radius 2 is 2.05 bits per heavy atom. The molecule has 0 aliphatic carbocycles. The first-order valence-electron chi connectivity index (χ1n) is 5.56. The Morgan fingerprint density at radius 1 is 1.32 bits per heavy atom. The zero-order valence-electron chi connectivity index (χ0n) is 10.1. The molecule has 0 fully saturated rings. The summed E-state index contributed by atoms with van der Waals surface area (Å²) in [7, 11) is 0. The summed E-state index contributed by atoms with van der Waals surface area (Å²) in [4.78, 5) is 4.32. The molecule has 0 bridgehead atoms. The number of aromatic nitrogens is 1. The Morgan fingerprint density at radius 3 is 2.63 bits per heavy atom. The van der Waals surface area contributed by atoms with Crippen molar-refractivity contribution in [3.8, 4) is 0 Å². The number of hydrazine groups is 1.